The van der Waals surface area contributed by atoms with Gasteiger partial charge in [-0.15, -0.1) is 0 Å². The average Bonchev–Trinajstić information content (AvgIpc) is 3.29. The summed E-state index contributed by atoms with van der Waals surface area (Å²) >= 11 is 8.82. The van der Waals surface area contributed by atoms with Gasteiger partial charge in [0.05, 0.1) is 29.1 Å². The lowest BCUT2D eigenvalue weighted by Gasteiger charge is -2.03. The second-order valence-electron chi connectivity index (χ2n) is 5.16. The zero-order valence-electron chi connectivity index (χ0n) is 12.3. The molecule has 0 saturated carbocycles. The van der Waals surface area contributed by atoms with Crippen LogP contribution in [0, 0.1) is 4.77 Å². The first kappa shape index (κ1) is 15.0. The molecule has 0 aliphatic carbocycles. The fourth-order valence-corrected chi connectivity index (χ4v) is 3.06. The highest BCUT2D eigenvalue weighted by Gasteiger charge is 2.16. The fraction of sp³-hybridized carbons (Fsp3) is 0.0667. The molecule has 0 radical (unpaired) electrons. The van der Waals surface area contributed by atoms with E-state index in [9.17, 15) is 0 Å². The van der Waals surface area contributed by atoms with E-state index >= 15 is 0 Å². The summed E-state index contributed by atoms with van der Waals surface area (Å²) in [6.45, 7) is 0.690. The summed E-state index contributed by atoms with van der Waals surface area (Å²) in [5.74, 6) is 0.642. The molecule has 0 saturated heterocycles. The average molecular weight is 402 g/mol. The number of aromatic amines is 2. The first-order valence-corrected chi connectivity index (χ1v) is 8.36. The molecular formula is C15H12BrN7S. The molecule has 0 fully saturated rings. The van der Waals surface area contributed by atoms with Crippen LogP contribution >= 0.6 is 28.1 Å². The van der Waals surface area contributed by atoms with Crippen LogP contribution in [0.2, 0.25) is 0 Å². The Labute approximate surface area is 150 Å². The van der Waals surface area contributed by atoms with E-state index in [1.54, 1.807) is 12.4 Å². The highest BCUT2D eigenvalue weighted by atomic mass is 79.9. The Morgan fingerprint density at radius 1 is 1.12 bits per heavy atom. The molecule has 120 valence electrons. The van der Waals surface area contributed by atoms with Crippen molar-refractivity contribution in [2.75, 3.05) is 0 Å². The van der Waals surface area contributed by atoms with Gasteiger partial charge < -0.3 is 0 Å². The normalized spacial score (nSPS) is 11.0. The lowest BCUT2D eigenvalue weighted by Crippen LogP contribution is -2.00. The Morgan fingerprint density at radius 2 is 1.96 bits per heavy atom. The van der Waals surface area contributed by atoms with Crippen molar-refractivity contribution in [3.05, 3.63) is 63.7 Å². The first-order chi connectivity index (χ1) is 11.7. The Bertz CT molecular complexity index is 1030. The number of hydrogen-bond donors (Lipinski definition) is 2. The Morgan fingerprint density at radius 3 is 2.71 bits per heavy atom. The highest BCUT2D eigenvalue weighted by Crippen LogP contribution is 2.26. The predicted molar refractivity (Wildman–Crippen MR) is 95.4 cm³/mol. The zero-order valence-corrected chi connectivity index (χ0v) is 14.8. The van der Waals surface area contributed by atoms with E-state index in [1.807, 2.05) is 33.6 Å². The number of hydrogen-bond acceptors (Lipinski definition) is 4. The Hall–Kier alpha value is -2.52. The zero-order chi connectivity index (χ0) is 16.5. The number of rotatable bonds is 4. The third-order valence-electron chi connectivity index (χ3n) is 3.55. The highest BCUT2D eigenvalue weighted by molar-refractivity contribution is 9.10. The molecule has 1 aromatic carbocycles. The molecule has 9 heteroatoms. The number of halogens is 1. The number of nitrogens with one attached hydrogen (secondary N) is 2. The third-order valence-corrected chi connectivity index (χ3v) is 4.43. The van der Waals surface area contributed by atoms with Gasteiger partial charge in [-0.1, -0.05) is 30.3 Å². The molecule has 2 N–H and O–H groups in total. The molecule has 4 rings (SSSR count). The topological polar surface area (TPSA) is 80.1 Å². The van der Waals surface area contributed by atoms with E-state index < -0.39 is 0 Å². The predicted octanol–water partition coefficient (Wildman–Crippen LogP) is 3.33. The summed E-state index contributed by atoms with van der Waals surface area (Å²) < 4.78 is 4.99. The van der Waals surface area contributed by atoms with Crippen molar-refractivity contribution in [3.63, 3.8) is 0 Å². The van der Waals surface area contributed by atoms with E-state index in [4.69, 9.17) is 12.2 Å². The van der Waals surface area contributed by atoms with Gasteiger partial charge in [0.1, 0.15) is 5.69 Å². The van der Waals surface area contributed by atoms with Gasteiger partial charge >= 0.3 is 0 Å². The smallest absolute Gasteiger partial charge is 0.200 e. The first-order valence-electron chi connectivity index (χ1n) is 7.16. The van der Waals surface area contributed by atoms with Crippen LogP contribution in [0.3, 0.4) is 0 Å². The number of benzene rings is 1. The SMILES string of the molecule is S=c1[nH]nc(-c2[nH]ncc2Br)n1-c1cnn(Cc2ccccc2)c1. The van der Waals surface area contributed by atoms with Crippen molar-refractivity contribution in [2.45, 2.75) is 6.54 Å². The second kappa shape index (κ2) is 6.17. The van der Waals surface area contributed by atoms with Crippen LogP contribution in [0.25, 0.3) is 17.2 Å². The summed E-state index contributed by atoms with van der Waals surface area (Å²) in [4.78, 5) is 0. The number of H-pyrrole nitrogens is 2. The fourth-order valence-electron chi connectivity index (χ4n) is 2.46. The maximum absolute atomic E-state index is 5.37. The molecule has 0 atom stereocenters. The van der Waals surface area contributed by atoms with Crippen LogP contribution in [-0.4, -0.2) is 34.7 Å². The van der Waals surface area contributed by atoms with Gasteiger partial charge in [-0.2, -0.15) is 15.3 Å². The van der Waals surface area contributed by atoms with Gasteiger partial charge in [-0.05, 0) is 33.7 Å². The van der Waals surface area contributed by atoms with Gasteiger partial charge in [-0.25, -0.2) is 0 Å². The van der Waals surface area contributed by atoms with Gasteiger partial charge in [-0.3, -0.25) is 19.4 Å². The lowest BCUT2D eigenvalue weighted by molar-refractivity contribution is 0.686. The standard InChI is InChI=1S/C15H12BrN7S/c16-12-7-17-19-13(12)14-20-21-15(24)23(14)11-6-18-22(9-11)8-10-4-2-1-3-5-10/h1-7,9H,8H2,(H,17,19)(H,21,24). The van der Waals surface area contributed by atoms with Crippen LogP contribution in [0.4, 0.5) is 0 Å². The van der Waals surface area contributed by atoms with Crippen LogP contribution in [-0.2, 0) is 6.54 Å². The van der Waals surface area contributed by atoms with Crippen molar-refractivity contribution < 1.29 is 0 Å². The van der Waals surface area contributed by atoms with Crippen molar-refractivity contribution in [1.82, 2.24) is 34.7 Å². The minimum absolute atomic E-state index is 0.491. The van der Waals surface area contributed by atoms with Crippen molar-refractivity contribution in [2.24, 2.45) is 0 Å². The molecule has 0 unspecified atom stereocenters. The summed E-state index contributed by atoms with van der Waals surface area (Å²) in [5.41, 5.74) is 2.76. The van der Waals surface area contributed by atoms with Crippen LogP contribution < -0.4 is 0 Å². The van der Waals surface area contributed by atoms with Crippen LogP contribution in [0.1, 0.15) is 5.56 Å². The van der Waals surface area contributed by atoms with Crippen LogP contribution in [0.15, 0.2) is 53.4 Å². The third kappa shape index (κ3) is 2.72. The minimum Gasteiger partial charge on any atom is -0.273 e. The van der Waals surface area contributed by atoms with Gasteiger partial charge in [0, 0.05) is 6.20 Å². The van der Waals surface area contributed by atoms with Gasteiger partial charge in [0.25, 0.3) is 0 Å². The molecule has 4 aromatic rings. The Kier molecular flexibility index (Phi) is 3.87. The monoisotopic (exact) mass is 401 g/mol. The van der Waals surface area contributed by atoms with E-state index in [2.05, 4.69) is 53.6 Å². The van der Waals surface area contributed by atoms with E-state index in [0.29, 0.717) is 17.1 Å². The van der Waals surface area contributed by atoms with Gasteiger partial charge in [0.2, 0.25) is 0 Å². The number of aromatic nitrogens is 7. The van der Waals surface area contributed by atoms with E-state index in [0.717, 1.165) is 15.9 Å². The van der Waals surface area contributed by atoms with E-state index in [1.165, 1.54) is 5.56 Å². The Balaban J connectivity index is 1.72. The maximum Gasteiger partial charge on any atom is 0.200 e. The minimum atomic E-state index is 0.491. The molecule has 24 heavy (non-hydrogen) atoms. The van der Waals surface area contributed by atoms with Crippen molar-refractivity contribution >= 4 is 28.1 Å². The van der Waals surface area contributed by atoms with Crippen molar-refractivity contribution in [1.29, 1.82) is 0 Å². The van der Waals surface area contributed by atoms with E-state index in [-0.39, 0.29) is 0 Å². The summed E-state index contributed by atoms with van der Waals surface area (Å²) in [6.07, 6.45) is 5.38. The molecule has 7 nitrogen and oxygen atoms in total. The molecule has 3 heterocycles. The molecule has 0 aliphatic rings. The largest absolute Gasteiger partial charge is 0.273 e. The molecule has 0 aliphatic heterocycles. The molecule has 0 bridgehead atoms. The maximum atomic E-state index is 5.37. The summed E-state index contributed by atoms with van der Waals surface area (Å²) in [5, 5.41) is 18.5. The molecule has 0 spiro atoms. The summed E-state index contributed by atoms with van der Waals surface area (Å²) in [6, 6.07) is 10.2. The van der Waals surface area contributed by atoms with Crippen molar-refractivity contribution in [3.8, 4) is 17.2 Å². The molecular weight excluding hydrogens is 390 g/mol. The lowest BCUT2D eigenvalue weighted by atomic mass is 10.2. The van der Waals surface area contributed by atoms with Gasteiger partial charge in [0.15, 0.2) is 10.6 Å². The summed E-state index contributed by atoms with van der Waals surface area (Å²) in [7, 11) is 0. The van der Waals surface area contributed by atoms with Crippen LogP contribution in [0.5, 0.6) is 0 Å². The molecule has 3 aromatic heterocycles. The molecule has 0 amide bonds. The second-order valence-corrected chi connectivity index (χ2v) is 6.40. The number of nitrogens with zero attached hydrogens (tertiary/aromatic N) is 5. The quantitative estimate of drug-likeness (QED) is 0.514.